The molecule has 0 aromatic heterocycles. The fourth-order valence-electron chi connectivity index (χ4n) is 1.55. The molecule has 0 fully saturated rings. The molecule has 0 aliphatic carbocycles. The lowest BCUT2D eigenvalue weighted by Gasteiger charge is -2.25. The standard InChI is InChI=1S/C13H20N2S/c1-10(2)15(9-13(14)16)8-12-6-4-11(3)5-7-12/h4-7,10H,8-9H2,1-3H3,(H2,14,16). The molecule has 2 N–H and O–H groups in total. The number of nitrogens with two attached hydrogens (primary N) is 1. The van der Waals surface area contributed by atoms with Crippen molar-refractivity contribution in [3.8, 4) is 0 Å². The third-order valence-corrected chi connectivity index (χ3v) is 2.72. The quantitative estimate of drug-likeness (QED) is 0.796. The Bertz CT molecular complexity index is 343. The van der Waals surface area contributed by atoms with Gasteiger partial charge >= 0.3 is 0 Å². The van der Waals surface area contributed by atoms with Gasteiger partial charge in [0.2, 0.25) is 0 Å². The van der Waals surface area contributed by atoms with Crippen molar-refractivity contribution in [2.75, 3.05) is 6.54 Å². The van der Waals surface area contributed by atoms with Crippen molar-refractivity contribution in [3.05, 3.63) is 35.4 Å². The Morgan fingerprint density at radius 1 is 1.31 bits per heavy atom. The summed E-state index contributed by atoms with van der Waals surface area (Å²) in [5, 5.41) is 0. The molecule has 1 aromatic rings. The minimum absolute atomic E-state index is 0.447. The second-order valence-electron chi connectivity index (χ2n) is 4.45. The molecule has 1 aromatic carbocycles. The lowest BCUT2D eigenvalue weighted by molar-refractivity contribution is 0.245. The number of nitrogens with zero attached hydrogens (tertiary/aromatic N) is 1. The highest BCUT2D eigenvalue weighted by Gasteiger charge is 2.10. The van der Waals surface area contributed by atoms with Gasteiger partial charge in [-0.25, -0.2) is 0 Å². The molecule has 0 amide bonds. The van der Waals surface area contributed by atoms with Crippen molar-refractivity contribution in [2.45, 2.75) is 33.4 Å². The average Bonchev–Trinajstić information content (AvgIpc) is 2.19. The minimum atomic E-state index is 0.447. The van der Waals surface area contributed by atoms with Crippen molar-refractivity contribution in [3.63, 3.8) is 0 Å². The van der Waals surface area contributed by atoms with Crippen LogP contribution in [-0.4, -0.2) is 22.5 Å². The lowest BCUT2D eigenvalue weighted by Crippen LogP contribution is -2.37. The molecule has 88 valence electrons. The zero-order valence-corrected chi connectivity index (χ0v) is 11.1. The van der Waals surface area contributed by atoms with E-state index < -0.39 is 0 Å². The molecule has 0 heterocycles. The lowest BCUT2D eigenvalue weighted by atomic mass is 10.1. The highest BCUT2D eigenvalue weighted by Crippen LogP contribution is 2.09. The molecule has 3 heteroatoms. The summed E-state index contributed by atoms with van der Waals surface area (Å²) in [6.07, 6.45) is 0. The van der Waals surface area contributed by atoms with Crippen LogP contribution in [0.15, 0.2) is 24.3 Å². The maximum absolute atomic E-state index is 5.60. The van der Waals surface area contributed by atoms with Crippen LogP contribution in [0.3, 0.4) is 0 Å². The molecule has 2 nitrogen and oxygen atoms in total. The van der Waals surface area contributed by atoms with Crippen LogP contribution in [-0.2, 0) is 6.54 Å². The van der Waals surface area contributed by atoms with E-state index in [0.717, 1.165) is 6.54 Å². The van der Waals surface area contributed by atoms with Crippen LogP contribution in [0.4, 0.5) is 0 Å². The van der Waals surface area contributed by atoms with Gasteiger partial charge in [-0.2, -0.15) is 0 Å². The summed E-state index contributed by atoms with van der Waals surface area (Å²) in [5.74, 6) is 0. The van der Waals surface area contributed by atoms with Gasteiger partial charge in [0.15, 0.2) is 0 Å². The molecule has 0 saturated carbocycles. The van der Waals surface area contributed by atoms with Crippen LogP contribution < -0.4 is 5.73 Å². The normalized spacial score (nSPS) is 11.1. The second-order valence-corrected chi connectivity index (χ2v) is 4.98. The zero-order chi connectivity index (χ0) is 12.1. The average molecular weight is 236 g/mol. The first-order chi connectivity index (χ1) is 7.49. The molecule has 0 spiro atoms. The molecule has 0 bridgehead atoms. The Hall–Kier alpha value is -0.930. The molecule has 0 unspecified atom stereocenters. The molecule has 16 heavy (non-hydrogen) atoms. The number of rotatable bonds is 5. The van der Waals surface area contributed by atoms with E-state index in [-0.39, 0.29) is 0 Å². The Morgan fingerprint density at radius 2 is 1.88 bits per heavy atom. The summed E-state index contributed by atoms with van der Waals surface area (Å²) in [4.78, 5) is 2.83. The fourth-order valence-corrected chi connectivity index (χ4v) is 1.72. The van der Waals surface area contributed by atoms with Crippen molar-refractivity contribution >= 4 is 17.2 Å². The number of aryl methyl sites for hydroxylation is 1. The number of benzene rings is 1. The molecule has 0 atom stereocenters. The third-order valence-electron chi connectivity index (χ3n) is 2.60. The van der Waals surface area contributed by atoms with Gasteiger partial charge < -0.3 is 5.73 Å². The number of hydrogen-bond acceptors (Lipinski definition) is 2. The molecule has 0 aliphatic heterocycles. The molecular formula is C13H20N2S. The van der Waals surface area contributed by atoms with E-state index in [0.29, 0.717) is 17.6 Å². The van der Waals surface area contributed by atoms with Crippen molar-refractivity contribution in [2.24, 2.45) is 5.73 Å². The molecule has 0 saturated heterocycles. The largest absolute Gasteiger partial charge is 0.392 e. The van der Waals surface area contributed by atoms with E-state index in [9.17, 15) is 0 Å². The number of hydrogen-bond donors (Lipinski definition) is 1. The first-order valence-corrected chi connectivity index (χ1v) is 5.97. The van der Waals surface area contributed by atoms with Crippen molar-refractivity contribution in [1.29, 1.82) is 0 Å². The molecule has 0 aliphatic rings. The zero-order valence-electron chi connectivity index (χ0n) is 10.2. The molecular weight excluding hydrogens is 216 g/mol. The summed E-state index contributed by atoms with van der Waals surface area (Å²) in [6, 6.07) is 9.03. The van der Waals surface area contributed by atoms with Crippen LogP contribution in [0, 0.1) is 6.92 Å². The van der Waals surface area contributed by atoms with E-state index in [2.05, 4.69) is 49.9 Å². The predicted molar refractivity (Wildman–Crippen MR) is 73.5 cm³/mol. The minimum Gasteiger partial charge on any atom is -0.392 e. The monoisotopic (exact) mass is 236 g/mol. The Balaban J connectivity index is 2.67. The summed E-state index contributed by atoms with van der Waals surface area (Å²) in [7, 11) is 0. The van der Waals surface area contributed by atoms with Crippen LogP contribution in [0.5, 0.6) is 0 Å². The van der Waals surface area contributed by atoms with Crippen LogP contribution >= 0.6 is 12.2 Å². The number of thiocarbonyl (C=S) groups is 1. The van der Waals surface area contributed by atoms with E-state index in [1.807, 2.05) is 0 Å². The second kappa shape index (κ2) is 5.97. The van der Waals surface area contributed by atoms with Gasteiger partial charge in [0.1, 0.15) is 0 Å². The van der Waals surface area contributed by atoms with Crippen LogP contribution in [0.2, 0.25) is 0 Å². The summed E-state index contributed by atoms with van der Waals surface area (Å²) >= 11 is 4.96. The van der Waals surface area contributed by atoms with Gasteiger partial charge in [0.05, 0.1) is 4.99 Å². The first-order valence-electron chi connectivity index (χ1n) is 5.57. The third kappa shape index (κ3) is 4.29. The van der Waals surface area contributed by atoms with E-state index in [1.54, 1.807) is 0 Å². The van der Waals surface area contributed by atoms with E-state index in [4.69, 9.17) is 18.0 Å². The summed E-state index contributed by atoms with van der Waals surface area (Å²) in [5.41, 5.74) is 8.19. The highest BCUT2D eigenvalue weighted by molar-refractivity contribution is 7.80. The summed E-state index contributed by atoms with van der Waals surface area (Å²) in [6.45, 7) is 7.99. The van der Waals surface area contributed by atoms with Gasteiger partial charge in [0.25, 0.3) is 0 Å². The Morgan fingerprint density at radius 3 is 2.31 bits per heavy atom. The van der Waals surface area contributed by atoms with Gasteiger partial charge in [-0.15, -0.1) is 0 Å². The fraction of sp³-hybridized carbons (Fsp3) is 0.462. The van der Waals surface area contributed by atoms with E-state index >= 15 is 0 Å². The van der Waals surface area contributed by atoms with Crippen molar-refractivity contribution < 1.29 is 0 Å². The van der Waals surface area contributed by atoms with Gasteiger partial charge in [-0.1, -0.05) is 42.0 Å². The first kappa shape index (κ1) is 13.1. The van der Waals surface area contributed by atoms with E-state index in [1.165, 1.54) is 11.1 Å². The summed E-state index contributed by atoms with van der Waals surface area (Å²) < 4.78 is 0. The van der Waals surface area contributed by atoms with Crippen molar-refractivity contribution in [1.82, 2.24) is 4.90 Å². The Kier molecular flexibility index (Phi) is 4.90. The topological polar surface area (TPSA) is 29.3 Å². The maximum Gasteiger partial charge on any atom is 0.0870 e. The van der Waals surface area contributed by atoms with Crippen LogP contribution in [0.25, 0.3) is 0 Å². The predicted octanol–water partition coefficient (Wildman–Crippen LogP) is 2.49. The van der Waals surface area contributed by atoms with Gasteiger partial charge in [0, 0.05) is 19.1 Å². The maximum atomic E-state index is 5.60. The SMILES string of the molecule is Cc1ccc(CN(CC(N)=S)C(C)C)cc1. The highest BCUT2D eigenvalue weighted by atomic mass is 32.1. The molecule has 0 radical (unpaired) electrons. The molecule has 1 rings (SSSR count). The smallest absolute Gasteiger partial charge is 0.0870 e. The van der Waals surface area contributed by atoms with Gasteiger partial charge in [-0.05, 0) is 26.3 Å². The van der Waals surface area contributed by atoms with Gasteiger partial charge in [-0.3, -0.25) is 4.90 Å². The Labute approximate surface area is 103 Å². The van der Waals surface area contributed by atoms with Crippen LogP contribution in [0.1, 0.15) is 25.0 Å².